The van der Waals surface area contributed by atoms with Crippen molar-refractivity contribution in [1.82, 2.24) is 19.6 Å². The van der Waals surface area contributed by atoms with Gasteiger partial charge in [-0.15, -0.1) is 0 Å². The van der Waals surface area contributed by atoms with Crippen LogP contribution in [0.4, 0.5) is 0 Å². The first-order valence-electron chi connectivity index (χ1n) is 7.40. The van der Waals surface area contributed by atoms with Gasteiger partial charge >= 0.3 is 0 Å². The van der Waals surface area contributed by atoms with Crippen molar-refractivity contribution in [3.05, 3.63) is 18.0 Å². The Morgan fingerprint density at radius 1 is 1.62 bits per heavy atom. The second-order valence-corrected chi connectivity index (χ2v) is 5.53. The van der Waals surface area contributed by atoms with E-state index in [1.54, 1.807) is 6.20 Å². The quantitative estimate of drug-likeness (QED) is 0.735. The summed E-state index contributed by atoms with van der Waals surface area (Å²) in [7, 11) is 2.08. The molecule has 0 spiro atoms. The highest BCUT2D eigenvalue weighted by atomic mass is 16.5. The summed E-state index contributed by atoms with van der Waals surface area (Å²) in [5.74, 6) is -0.318. The molecule has 21 heavy (non-hydrogen) atoms. The lowest BCUT2D eigenvalue weighted by molar-refractivity contribution is -0.120. The van der Waals surface area contributed by atoms with Gasteiger partial charge in [0.15, 0.2) is 0 Å². The number of hydrogen-bond donors (Lipinski definition) is 1. The summed E-state index contributed by atoms with van der Waals surface area (Å²) in [4.78, 5) is 15.6. The fourth-order valence-corrected chi connectivity index (χ4v) is 2.68. The van der Waals surface area contributed by atoms with Gasteiger partial charge in [0.05, 0.1) is 24.9 Å². The maximum atomic E-state index is 11.3. The first-order valence-corrected chi connectivity index (χ1v) is 7.40. The zero-order valence-corrected chi connectivity index (χ0v) is 12.9. The Bertz CT molecular complexity index is 462. The number of nitrogens with two attached hydrogens (primary N) is 1. The predicted molar refractivity (Wildman–Crippen MR) is 79.6 cm³/mol. The van der Waals surface area contributed by atoms with Crippen LogP contribution in [0.15, 0.2) is 12.3 Å². The number of aryl methyl sites for hydroxylation is 1. The second-order valence-electron chi connectivity index (χ2n) is 5.53. The first-order chi connectivity index (χ1) is 10.1. The van der Waals surface area contributed by atoms with Crippen molar-refractivity contribution in [1.29, 1.82) is 0 Å². The van der Waals surface area contributed by atoms with Crippen LogP contribution < -0.4 is 5.73 Å². The number of carbonyl (C=O) groups excluding carboxylic acids is 1. The van der Waals surface area contributed by atoms with E-state index in [0.717, 1.165) is 31.9 Å². The van der Waals surface area contributed by atoms with Crippen LogP contribution in [0, 0.1) is 0 Å². The van der Waals surface area contributed by atoms with Crippen molar-refractivity contribution < 1.29 is 9.53 Å². The van der Waals surface area contributed by atoms with E-state index in [0.29, 0.717) is 13.1 Å². The van der Waals surface area contributed by atoms with Crippen molar-refractivity contribution in [2.45, 2.75) is 26.1 Å². The first kappa shape index (κ1) is 15.9. The number of morpholine rings is 1. The van der Waals surface area contributed by atoms with E-state index < -0.39 is 0 Å². The Labute approximate surface area is 125 Å². The number of amides is 1. The summed E-state index contributed by atoms with van der Waals surface area (Å²) in [5.41, 5.74) is 6.46. The van der Waals surface area contributed by atoms with Gasteiger partial charge in [0.1, 0.15) is 0 Å². The van der Waals surface area contributed by atoms with Crippen LogP contribution in [0.3, 0.4) is 0 Å². The van der Waals surface area contributed by atoms with E-state index in [9.17, 15) is 4.79 Å². The average Bonchev–Trinajstić information content (AvgIpc) is 2.85. The number of carbonyl (C=O) groups is 1. The lowest BCUT2D eigenvalue weighted by Crippen LogP contribution is -2.47. The number of aromatic nitrogens is 2. The van der Waals surface area contributed by atoms with Gasteiger partial charge in [-0.3, -0.25) is 14.4 Å². The third kappa shape index (κ3) is 4.80. The highest BCUT2D eigenvalue weighted by Crippen LogP contribution is 2.09. The molecule has 1 aromatic heterocycles. The van der Waals surface area contributed by atoms with Crippen LogP contribution in [0.2, 0.25) is 0 Å². The molecular formula is C14H25N5O2. The summed E-state index contributed by atoms with van der Waals surface area (Å²) in [5, 5.41) is 4.26. The zero-order valence-electron chi connectivity index (χ0n) is 12.9. The Balaban J connectivity index is 1.98. The van der Waals surface area contributed by atoms with E-state index in [1.807, 2.05) is 22.6 Å². The molecule has 1 aliphatic rings. The van der Waals surface area contributed by atoms with Crippen molar-refractivity contribution >= 4 is 5.91 Å². The van der Waals surface area contributed by atoms with Gasteiger partial charge in [0.2, 0.25) is 5.91 Å². The van der Waals surface area contributed by atoms with Crippen molar-refractivity contribution in [3.63, 3.8) is 0 Å². The highest BCUT2D eigenvalue weighted by Gasteiger charge is 2.22. The monoisotopic (exact) mass is 295 g/mol. The van der Waals surface area contributed by atoms with Crippen molar-refractivity contribution in [2.75, 3.05) is 39.8 Å². The molecule has 7 nitrogen and oxygen atoms in total. The van der Waals surface area contributed by atoms with Crippen LogP contribution in [0.1, 0.15) is 12.6 Å². The molecule has 0 bridgehead atoms. The van der Waals surface area contributed by atoms with Crippen LogP contribution in [-0.2, 0) is 22.6 Å². The Kier molecular flexibility index (Phi) is 5.72. The van der Waals surface area contributed by atoms with Gasteiger partial charge in [-0.2, -0.15) is 5.10 Å². The molecule has 0 aliphatic carbocycles. The molecule has 7 heteroatoms. The van der Waals surface area contributed by atoms with Crippen molar-refractivity contribution in [2.24, 2.45) is 5.73 Å². The smallest absolute Gasteiger partial charge is 0.231 e. The summed E-state index contributed by atoms with van der Waals surface area (Å²) >= 11 is 0. The molecule has 1 atom stereocenters. The topological polar surface area (TPSA) is 76.6 Å². The van der Waals surface area contributed by atoms with Gasteiger partial charge in [-0.05, 0) is 20.0 Å². The summed E-state index contributed by atoms with van der Waals surface area (Å²) in [6, 6.07) is 1.98. The van der Waals surface area contributed by atoms with E-state index in [1.165, 1.54) is 0 Å². The molecule has 2 heterocycles. The maximum absolute atomic E-state index is 11.3. The molecular weight excluding hydrogens is 270 g/mol. The number of ether oxygens (including phenoxy) is 1. The van der Waals surface area contributed by atoms with Gasteiger partial charge < -0.3 is 15.4 Å². The molecule has 0 unspecified atom stereocenters. The molecule has 1 saturated heterocycles. The number of nitrogens with zero attached hydrogens (tertiary/aromatic N) is 4. The summed E-state index contributed by atoms with van der Waals surface area (Å²) < 4.78 is 7.71. The molecule has 2 rings (SSSR count). The van der Waals surface area contributed by atoms with Gasteiger partial charge in [0, 0.05) is 38.9 Å². The molecule has 1 aliphatic heterocycles. The third-order valence-electron chi connectivity index (χ3n) is 3.67. The molecule has 1 aromatic rings. The maximum Gasteiger partial charge on any atom is 0.231 e. The highest BCUT2D eigenvalue weighted by molar-refractivity contribution is 5.75. The van der Waals surface area contributed by atoms with Crippen molar-refractivity contribution in [3.8, 4) is 0 Å². The summed E-state index contributed by atoms with van der Waals surface area (Å²) in [6.45, 7) is 7.01. The van der Waals surface area contributed by atoms with E-state index in [-0.39, 0.29) is 18.6 Å². The van der Waals surface area contributed by atoms with E-state index in [2.05, 4.69) is 17.0 Å². The third-order valence-corrected chi connectivity index (χ3v) is 3.67. The molecule has 2 N–H and O–H groups in total. The van der Waals surface area contributed by atoms with Gasteiger partial charge in [-0.25, -0.2) is 0 Å². The Hall–Kier alpha value is -1.44. The average molecular weight is 295 g/mol. The molecule has 1 fully saturated rings. The molecule has 0 aromatic carbocycles. The van der Waals surface area contributed by atoms with E-state index in [4.69, 9.17) is 10.5 Å². The molecule has 118 valence electrons. The number of hydrogen-bond acceptors (Lipinski definition) is 5. The molecule has 0 saturated carbocycles. The zero-order chi connectivity index (χ0) is 15.2. The summed E-state index contributed by atoms with van der Waals surface area (Å²) in [6.07, 6.45) is 1.90. The standard InChI is InChI=1S/C14H25N5O2/c1-3-19-12(4-5-16-19)8-18(11-14(15)20)10-13-9-17(2)6-7-21-13/h4-5,13H,3,6-11H2,1-2H3,(H2,15,20)/t13-/m0/s1. The number of likely N-dealkylation sites (N-methyl/N-ethyl adjacent to an activating group) is 1. The predicted octanol–water partition coefficient (Wildman–Crippen LogP) is -0.479. The minimum absolute atomic E-state index is 0.112. The SMILES string of the molecule is CCn1nccc1CN(CC(N)=O)C[C@@H]1CN(C)CCO1. The lowest BCUT2D eigenvalue weighted by Gasteiger charge is -2.33. The van der Waals surface area contributed by atoms with Gasteiger partial charge in [-0.1, -0.05) is 0 Å². The number of primary amides is 1. The second kappa shape index (κ2) is 7.53. The minimum atomic E-state index is -0.318. The fourth-order valence-electron chi connectivity index (χ4n) is 2.68. The van der Waals surface area contributed by atoms with Crippen LogP contribution >= 0.6 is 0 Å². The van der Waals surface area contributed by atoms with Crippen LogP contribution in [0.25, 0.3) is 0 Å². The molecule has 1 amide bonds. The fraction of sp³-hybridized carbons (Fsp3) is 0.714. The Morgan fingerprint density at radius 2 is 2.43 bits per heavy atom. The largest absolute Gasteiger partial charge is 0.374 e. The van der Waals surface area contributed by atoms with Crippen LogP contribution in [0.5, 0.6) is 0 Å². The Morgan fingerprint density at radius 3 is 3.10 bits per heavy atom. The van der Waals surface area contributed by atoms with Gasteiger partial charge in [0.25, 0.3) is 0 Å². The normalized spacial score (nSPS) is 20.0. The molecule has 0 radical (unpaired) electrons. The minimum Gasteiger partial charge on any atom is -0.374 e. The lowest BCUT2D eigenvalue weighted by atomic mass is 10.2. The van der Waals surface area contributed by atoms with E-state index >= 15 is 0 Å². The number of rotatable bonds is 7. The van der Waals surface area contributed by atoms with Crippen LogP contribution in [-0.4, -0.2) is 71.4 Å².